The van der Waals surface area contributed by atoms with Gasteiger partial charge in [0.15, 0.2) is 11.7 Å². The van der Waals surface area contributed by atoms with Crippen molar-refractivity contribution in [1.29, 1.82) is 0 Å². The molecule has 0 fully saturated rings. The lowest BCUT2D eigenvalue weighted by molar-refractivity contribution is -0.142. The van der Waals surface area contributed by atoms with Gasteiger partial charge in [-0.05, 0) is 12.1 Å². The van der Waals surface area contributed by atoms with Crippen LogP contribution < -0.4 is 0 Å². The van der Waals surface area contributed by atoms with Crippen molar-refractivity contribution in [1.82, 2.24) is 0 Å². The lowest BCUT2D eigenvalue weighted by Gasteiger charge is -2.10. The molecule has 22 heavy (non-hydrogen) atoms. The molecule has 6 heteroatoms. The summed E-state index contributed by atoms with van der Waals surface area (Å²) in [5.41, 5.74) is -0.253. The fourth-order valence-corrected chi connectivity index (χ4v) is 2.25. The summed E-state index contributed by atoms with van der Waals surface area (Å²) < 4.78 is 27.5. The topological polar surface area (TPSA) is 55.7 Å². The van der Waals surface area contributed by atoms with E-state index in [0.717, 1.165) is 18.2 Å². The van der Waals surface area contributed by atoms with E-state index in [1.807, 2.05) is 0 Å². The summed E-state index contributed by atoms with van der Waals surface area (Å²) in [5.74, 6) is -5.50. The Labute approximate surface area is 124 Å². The van der Waals surface area contributed by atoms with Crippen LogP contribution >= 0.6 is 0 Å². The molecular formula is C16H9F2NO3. The van der Waals surface area contributed by atoms with Gasteiger partial charge in [0.2, 0.25) is 0 Å². The van der Waals surface area contributed by atoms with Crippen LogP contribution in [-0.2, 0) is 9.63 Å². The van der Waals surface area contributed by atoms with Crippen LogP contribution in [0.4, 0.5) is 8.78 Å². The van der Waals surface area contributed by atoms with Crippen LogP contribution in [0.5, 0.6) is 0 Å². The number of oxime groups is 1. The number of halogens is 2. The first-order valence-corrected chi connectivity index (χ1v) is 6.42. The van der Waals surface area contributed by atoms with Crippen LogP contribution in [-0.4, -0.2) is 17.5 Å². The Bertz CT molecular complexity index is 767. The summed E-state index contributed by atoms with van der Waals surface area (Å²) in [6.07, 6.45) is 0. The van der Waals surface area contributed by atoms with Crippen molar-refractivity contribution in [3.8, 4) is 0 Å². The van der Waals surface area contributed by atoms with Gasteiger partial charge in [-0.2, -0.15) is 0 Å². The highest BCUT2D eigenvalue weighted by Crippen LogP contribution is 2.25. The van der Waals surface area contributed by atoms with Crippen molar-refractivity contribution in [2.45, 2.75) is 0 Å². The molecule has 0 aliphatic carbocycles. The number of nitrogens with zero attached hydrogens (tertiary/aromatic N) is 1. The number of hydrogen-bond acceptors (Lipinski definition) is 4. The number of benzene rings is 2. The monoisotopic (exact) mass is 301 g/mol. The van der Waals surface area contributed by atoms with E-state index in [9.17, 15) is 18.4 Å². The molecule has 2 aromatic carbocycles. The first-order valence-electron chi connectivity index (χ1n) is 6.42. The third-order valence-electron chi connectivity index (χ3n) is 3.28. The molecule has 4 nitrogen and oxygen atoms in total. The summed E-state index contributed by atoms with van der Waals surface area (Å²) in [6.45, 7) is 0. The van der Waals surface area contributed by atoms with Crippen molar-refractivity contribution >= 4 is 17.5 Å². The van der Waals surface area contributed by atoms with Crippen molar-refractivity contribution in [3.63, 3.8) is 0 Å². The summed E-state index contributed by atoms with van der Waals surface area (Å²) in [7, 11) is 0. The van der Waals surface area contributed by atoms with Gasteiger partial charge in [0.05, 0.1) is 5.56 Å². The number of carbonyl (C=O) groups is 2. The fourth-order valence-electron chi connectivity index (χ4n) is 2.25. The van der Waals surface area contributed by atoms with Crippen molar-refractivity contribution in [2.24, 2.45) is 11.1 Å². The number of Topliss-reactive ketones (excluding diaryl/α,β-unsaturated/α-hetero) is 1. The molecule has 1 aliphatic rings. The number of ketones is 1. The van der Waals surface area contributed by atoms with Gasteiger partial charge in [0.25, 0.3) is 0 Å². The molecular weight excluding hydrogens is 292 g/mol. The predicted octanol–water partition coefficient (Wildman–Crippen LogP) is 2.72. The van der Waals surface area contributed by atoms with Gasteiger partial charge in [0.1, 0.15) is 17.3 Å². The van der Waals surface area contributed by atoms with Crippen LogP contribution in [0.15, 0.2) is 53.7 Å². The second-order valence-electron chi connectivity index (χ2n) is 4.65. The zero-order chi connectivity index (χ0) is 15.7. The van der Waals surface area contributed by atoms with E-state index in [0.29, 0.717) is 5.56 Å². The Balaban J connectivity index is 2.04. The smallest absolute Gasteiger partial charge is 0.317 e. The number of hydrogen-bond donors (Lipinski definition) is 0. The minimum absolute atomic E-state index is 0.0400. The molecule has 0 aromatic heterocycles. The van der Waals surface area contributed by atoms with Gasteiger partial charge < -0.3 is 4.84 Å². The van der Waals surface area contributed by atoms with E-state index in [4.69, 9.17) is 0 Å². The second kappa shape index (κ2) is 5.48. The van der Waals surface area contributed by atoms with E-state index in [-0.39, 0.29) is 5.71 Å². The quantitative estimate of drug-likeness (QED) is 0.497. The van der Waals surface area contributed by atoms with Crippen LogP contribution in [0.1, 0.15) is 15.9 Å². The Morgan fingerprint density at radius 2 is 1.64 bits per heavy atom. The maximum Gasteiger partial charge on any atom is 0.351 e. The summed E-state index contributed by atoms with van der Waals surface area (Å²) in [6, 6.07) is 11.4. The molecule has 0 bridgehead atoms. The zero-order valence-corrected chi connectivity index (χ0v) is 11.1. The minimum atomic E-state index is -1.48. The fraction of sp³-hybridized carbons (Fsp3) is 0.0625. The molecule has 0 radical (unpaired) electrons. The second-order valence-corrected chi connectivity index (χ2v) is 4.65. The van der Waals surface area contributed by atoms with Crippen LogP contribution in [0.3, 0.4) is 0 Å². The van der Waals surface area contributed by atoms with Gasteiger partial charge in [0, 0.05) is 5.56 Å². The average Bonchev–Trinajstić information content (AvgIpc) is 2.89. The molecule has 0 spiro atoms. The minimum Gasteiger partial charge on any atom is -0.317 e. The van der Waals surface area contributed by atoms with Gasteiger partial charge in [-0.25, -0.2) is 13.6 Å². The summed E-state index contributed by atoms with van der Waals surface area (Å²) in [4.78, 5) is 28.8. The zero-order valence-electron chi connectivity index (χ0n) is 11.1. The molecule has 3 rings (SSSR count). The average molecular weight is 301 g/mol. The van der Waals surface area contributed by atoms with Crippen molar-refractivity contribution < 1.29 is 23.2 Å². The highest BCUT2D eigenvalue weighted by Gasteiger charge is 2.41. The molecule has 2 aromatic rings. The van der Waals surface area contributed by atoms with E-state index in [2.05, 4.69) is 9.99 Å². The summed E-state index contributed by atoms with van der Waals surface area (Å²) in [5, 5.41) is 3.58. The Morgan fingerprint density at radius 3 is 2.27 bits per heavy atom. The maximum atomic E-state index is 13.8. The summed E-state index contributed by atoms with van der Waals surface area (Å²) >= 11 is 0. The highest BCUT2D eigenvalue weighted by atomic mass is 19.1. The van der Waals surface area contributed by atoms with Gasteiger partial charge >= 0.3 is 5.97 Å². The Hall–Kier alpha value is -2.89. The number of rotatable bonds is 3. The third-order valence-corrected chi connectivity index (χ3v) is 3.28. The van der Waals surface area contributed by atoms with E-state index in [1.54, 1.807) is 30.3 Å². The Kier molecular flexibility index (Phi) is 3.50. The Morgan fingerprint density at radius 1 is 1.00 bits per heavy atom. The maximum absolute atomic E-state index is 13.8. The first-order chi connectivity index (χ1) is 10.6. The van der Waals surface area contributed by atoms with E-state index < -0.39 is 34.9 Å². The van der Waals surface area contributed by atoms with E-state index in [1.165, 1.54) is 0 Å². The van der Waals surface area contributed by atoms with Gasteiger partial charge in [-0.1, -0.05) is 41.6 Å². The molecule has 1 heterocycles. The standard InChI is InChI=1S/C16H9F2NO3/c17-10-7-4-8-11(18)12(10)15(20)13-14(19-22-16(13)21)9-5-2-1-3-6-9/h1-8,13H. The van der Waals surface area contributed by atoms with Gasteiger partial charge in [-0.3, -0.25) is 4.79 Å². The normalized spacial score (nSPS) is 17.1. The SMILES string of the molecule is O=C1ON=C(c2ccccc2)C1C(=O)c1c(F)cccc1F. The molecule has 0 amide bonds. The molecule has 110 valence electrons. The number of carbonyl (C=O) groups excluding carboxylic acids is 2. The van der Waals surface area contributed by atoms with Crippen molar-refractivity contribution in [3.05, 3.63) is 71.3 Å². The largest absolute Gasteiger partial charge is 0.351 e. The molecule has 0 saturated carbocycles. The van der Waals surface area contributed by atoms with Crippen LogP contribution in [0, 0.1) is 17.6 Å². The van der Waals surface area contributed by atoms with Crippen molar-refractivity contribution in [2.75, 3.05) is 0 Å². The first kappa shape index (κ1) is 14.1. The highest BCUT2D eigenvalue weighted by molar-refractivity contribution is 6.29. The molecule has 0 saturated heterocycles. The molecule has 1 aliphatic heterocycles. The molecule has 0 N–H and O–H groups in total. The van der Waals surface area contributed by atoms with Crippen LogP contribution in [0.2, 0.25) is 0 Å². The predicted molar refractivity (Wildman–Crippen MR) is 73.2 cm³/mol. The van der Waals surface area contributed by atoms with E-state index >= 15 is 0 Å². The lowest BCUT2D eigenvalue weighted by Crippen LogP contribution is -2.29. The molecule has 1 unspecified atom stereocenters. The van der Waals surface area contributed by atoms with Crippen LogP contribution in [0.25, 0.3) is 0 Å². The third kappa shape index (κ3) is 2.28. The molecule has 1 atom stereocenters. The van der Waals surface area contributed by atoms with Gasteiger partial charge in [-0.15, -0.1) is 0 Å². The lowest BCUT2D eigenvalue weighted by atomic mass is 9.89.